The first-order valence-electron chi connectivity index (χ1n) is 12.5. The molecule has 0 saturated carbocycles. The number of rotatable bonds is 4. The standard InChI is InChI=1S/C27H33N5O3/c1-18(2)32-25-23(16-28-32)22(15-24(29-25)21-9-5-4-7-19(21)3)27(34)31-10-6-8-20(17-31)26(33)30-11-13-35-14-12-30/h4-5,7,9,15-16,18,20H,6,8,10-14,17H2,1-3H3. The van der Waals surface area contributed by atoms with Crippen LogP contribution in [-0.2, 0) is 9.53 Å². The molecule has 0 N–H and O–H groups in total. The molecular weight excluding hydrogens is 442 g/mol. The Hall–Kier alpha value is -3.26. The first-order valence-corrected chi connectivity index (χ1v) is 12.5. The largest absolute Gasteiger partial charge is 0.378 e. The number of amides is 2. The fourth-order valence-electron chi connectivity index (χ4n) is 5.15. The van der Waals surface area contributed by atoms with Crippen molar-refractivity contribution in [1.82, 2.24) is 24.6 Å². The van der Waals surface area contributed by atoms with Gasteiger partial charge in [0.25, 0.3) is 5.91 Å². The lowest BCUT2D eigenvalue weighted by Crippen LogP contribution is -2.49. The normalized spacial score (nSPS) is 18.9. The lowest BCUT2D eigenvalue weighted by atomic mass is 9.95. The molecule has 0 aliphatic carbocycles. The van der Waals surface area contributed by atoms with Gasteiger partial charge in [-0.15, -0.1) is 0 Å². The number of hydrogen-bond acceptors (Lipinski definition) is 5. The number of fused-ring (bicyclic) bond motifs is 1. The average Bonchev–Trinajstić information content (AvgIpc) is 3.32. The summed E-state index contributed by atoms with van der Waals surface area (Å²) in [6.07, 6.45) is 3.37. The van der Waals surface area contributed by atoms with Crippen molar-refractivity contribution >= 4 is 22.8 Å². The van der Waals surface area contributed by atoms with Crippen molar-refractivity contribution in [2.45, 2.75) is 39.7 Å². The van der Waals surface area contributed by atoms with Crippen molar-refractivity contribution in [2.75, 3.05) is 39.4 Å². The lowest BCUT2D eigenvalue weighted by Gasteiger charge is -2.36. The van der Waals surface area contributed by atoms with Crippen LogP contribution in [0.3, 0.4) is 0 Å². The first kappa shape index (κ1) is 23.5. The van der Waals surface area contributed by atoms with E-state index in [0.717, 1.165) is 35.0 Å². The highest BCUT2D eigenvalue weighted by Gasteiger charge is 2.33. The van der Waals surface area contributed by atoms with E-state index in [-0.39, 0.29) is 23.8 Å². The maximum absolute atomic E-state index is 13.9. The molecular formula is C27H33N5O3. The minimum Gasteiger partial charge on any atom is -0.378 e. The molecule has 2 aliphatic rings. The van der Waals surface area contributed by atoms with E-state index in [1.165, 1.54) is 0 Å². The van der Waals surface area contributed by atoms with E-state index in [1.807, 2.05) is 38.7 Å². The van der Waals surface area contributed by atoms with E-state index in [1.54, 1.807) is 6.20 Å². The third-order valence-corrected chi connectivity index (χ3v) is 7.09. The zero-order chi connectivity index (χ0) is 24.5. The van der Waals surface area contributed by atoms with E-state index in [2.05, 4.69) is 31.9 Å². The van der Waals surface area contributed by atoms with Crippen LogP contribution in [0, 0.1) is 12.8 Å². The molecule has 184 valence electrons. The fourth-order valence-corrected chi connectivity index (χ4v) is 5.15. The molecule has 2 fully saturated rings. The Labute approximate surface area is 205 Å². The van der Waals surface area contributed by atoms with Crippen LogP contribution in [0.2, 0.25) is 0 Å². The monoisotopic (exact) mass is 475 g/mol. The highest BCUT2D eigenvalue weighted by molar-refractivity contribution is 6.06. The molecule has 4 heterocycles. The number of carbonyl (C=O) groups excluding carboxylic acids is 2. The van der Waals surface area contributed by atoms with Crippen LogP contribution in [-0.4, -0.2) is 75.8 Å². The summed E-state index contributed by atoms with van der Waals surface area (Å²) in [5.74, 6) is -0.0914. The molecule has 8 nitrogen and oxygen atoms in total. The first-order chi connectivity index (χ1) is 16.9. The Morgan fingerprint density at radius 2 is 1.86 bits per heavy atom. The van der Waals surface area contributed by atoms with Crippen molar-refractivity contribution < 1.29 is 14.3 Å². The van der Waals surface area contributed by atoms with E-state index < -0.39 is 0 Å². The van der Waals surface area contributed by atoms with Crippen molar-refractivity contribution in [1.29, 1.82) is 0 Å². The molecule has 2 aromatic heterocycles. The fraction of sp³-hybridized carbons (Fsp3) is 0.481. The number of likely N-dealkylation sites (tertiary alicyclic amines) is 1. The Morgan fingerprint density at radius 1 is 1.09 bits per heavy atom. The molecule has 1 atom stereocenters. The summed E-state index contributed by atoms with van der Waals surface area (Å²) >= 11 is 0. The van der Waals surface area contributed by atoms with Gasteiger partial charge in [-0.25, -0.2) is 9.67 Å². The van der Waals surface area contributed by atoms with Crippen LogP contribution in [0.5, 0.6) is 0 Å². The highest BCUT2D eigenvalue weighted by Crippen LogP contribution is 2.30. The summed E-state index contributed by atoms with van der Waals surface area (Å²) in [7, 11) is 0. The smallest absolute Gasteiger partial charge is 0.254 e. The summed E-state index contributed by atoms with van der Waals surface area (Å²) in [6.45, 7) is 9.67. The second-order valence-electron chi connectivity index (χ2n) is 9.82. The minimum absolute atomic E-state index is 0.0602. The SMILES string of the molecule is Cc1ccccc1-c1cc(C(=O)N2CCCC(C(=O)N3CCOCC3)C2)c2cnn(C(C)C)c2n1. The molecule has 1 unspecified atom stereocenters. The molecule has 3 aromatic rings. The van der Waals surface area contributed by atoms with Crippen LogP contribution < -0.4 is 0 Å². The van der Waals surface area contributed by atoms with Gasteiger partial charge in [0.2, 0.25) is 5.91 Å². The maximum Gasteiger partial charge on any atom is 0.254 e. The summed E-state index contributed by atoms with van der Waals surface area (Å²) in [5, 5.41) is 5.31. The summed E-state index contributed by atoms with van der Waals surface area (Å²) in [5.41, 5.74) is 4.17. The predicted octanol–water partition coefficient (Wildman–Crippen LogP) is 3.70. The van der Waals surface area contributed by atoms with Crippen LogP contribution in [0.15, 0.2) is 36.5 Å². The number of pyridine rings is 1. The zero-order valence-electron chi connectivity index (χ0n) is 20.7. The molecule has 2 aliphatic heterocycles. The Balaban J connectivity index is 1.50. The number of aromatic nitrogens is 3. The second kappa shape index (κ2) is 9.77. The van der Waals surface area contributed by atoms with Gasteiger partial charge < -0.3 is 14.5 Å². The summed E-state index contributed by atoms with van der Waals surface area (Å²) in [4.78, 5) is 35.7. The summed E-state index contributed by atoms with van der Waals surface area (Å²) < 4.78 is 7.27. The number of hydrogen-bond donors (Lipinski definition) is 0. The topological polar surface area (TPSA) is 80.6 Å². The molecule has 5 rings (SSSR count). The Bertz CT molecular complexity index is 1240. The van der Waals surface area contributed by atoms with Crippen molar-refractivity contribution in [3.8, 4) is 11.3 Å². The van der Waals surface area contributed by atoms with Crippen LogP contribution in [0.1, 0.15) is 48.7 Å². The third-order valence-electron chi connectivity index (χ3n) is 7.09. The van der Waals surface area contributed by atoms with Gasteiger partial charge in [0.1, 0.15) is 0 Å². The summed E-state index contributed by atoms with van der Waals surface area (Å²) in [6, 6.07) is 10.1. The minimum atomic E-state index is -0.169. The Morgan fingerprint density at radius 3 is 2.60 bits per heavy atom. The average molecular weight is 476 g/mol. The van der Waals surface area contributed by atoms with E-state index >= 15 is 0 Å². The van der Waals surface area contributed by atoms with Crippen LogP contribution >= 0.6 is 0 Å². The molecule has 35 heavy (non-hydrogen) atoms. The molecule has 1 aromatic carbocycles. The van der Waals surface area contributed by atoms with Gasteiger partial charge in [0.15, 0.2) is 5.65 Å². The van der Waals surface area contributed by atoms with Gasteiger partial charge in [-0.05, 0) is 45.2 Å². The number of benzene rings is 1. The third kappa shape index (κ3) is 4.55. The molecule has 0 radical (unpaired) electrons. The van der Waals surface area contributed by atoms with Gasteiger partial charge in [-0.2, -0.15) is 5.10 Å². The van der Waals surface area contributed by atoms with Gasteiger partial charge in [0, 0.05) is 37.8 Å². The molecule has 8 heteroatoms. The van der Waals surface area contributed by atoms with Gasteiger partial charge in [0.05, 0.1) is 42.0 Å². The van der Waals surface area contributed by atoms with Crippen molar-refractivity contribution in [3.05, 3.63) is 47.7 Å². The number of carbonyl (C=O) groups is 2. The lowest BCUT2D eigenvalue weighted by molar-refractivity contribution is -0.141. The second-order valence-corrected chi connectivity index (χ2v) is 9.82. The van der Waals surface area contributed by atoms with Crippen LogP contribution in [0.4, 0.5) is 0 Å². The predicted molar refractivity (Wildman–Crippen MR) is 134 cm³/mol. The maximum atomic E-state index is 13.9. The van der Waals surface area contributed by atoms with Crippen molar-refractivity contribution in [2.24, 2.45) is 5.92 Å². The van der Waals surface area contributed by atoms with Gasteiger partial charge >= 0.3 is 0 Å². The van der Waals surface area contributed by atoms with Crippen molar-refractivity contribution in [3.63, 3.8) is 0 Å². The van der Waals surface area contributed by atoms with Gasteiger partial charge in [-0.3, -0.25) is 9.59 Å². The van der Waals surface area contributed by atoms with Gasteiger partial charge in [-0.1, -0.05) is 24.3 Å². The quantitative estimate of drug-likeness (QED) is 0.575. The Kier molecular flexibility index (Phi) is 6.56. The molecule has 2 saturated heterocycles. The number of nitrogens with zero attached hydrogens (tertiary/aromatic N) is 5. The number of aryl methyl sites for hydroxylation is 1. The van der Waals surface area contributed by atoms with E-state index in [9.17, 15) is 9.59 Å². The molecule has 2 amide bonds. The highest BCUT2D eigenvalue weighted by atomic mass is 16.5. The van der Waals surface area contributed by atoms with Crippen LogP contribution in [0.25, 0.3) is 22.3 Å². The van der Waals surface area contributed by atoms with E-state index in [4.69, 9.17) is 9.72 Å². The molecule has 0 bridgehead atoms. The zero-order valence-corrected chi connectivity index (χ0v) is 20.7. The number of morpholine rings is 1. The number of ether oxygens (including phenoxy) is 1. The number of piperidine rings is 1. The van der Waals surface area contributed by atoms with E-state index in [0.29, 0.717) is 50.6 Å². The molecule has 0 spiro atoms.